The molecule has 1 rings (SSSR count). The maximum absolute atomic E-state index is 9.89. The maximum atomic E-state index is 9.89. The molecule has 0 N–H and O–H groups in total. The van der Waals surface area contributed by atoms with Gasteiger partial charge in [0, 0.05) is 17.3 Å². The summed E-state index contributed by atoms with van der Waals surface area (Å²) in [6.07, 6.45) is 1.07. The van der Waals surface area contributed by atoms with E-state index in [1.807, 2.05) is 12.1 Å². The first-order valence-corrected chi connectivity index (χ1v) is 5.70. The Morgan fingerprint density at radius 1 is 1.35 bits per heavy atom. The van der Waals surface area contributed by atoms with Gasteiger partial charge in [0.15, 0.2) is 0 Å². The molecule has 0 amide bonds. The van der Waals surface area contributed by atoms with E-state index >= 15 is 0 Å². The van der Waals surface area contributed by atoms with Crippen molar-refractivity contribution in [3.8, 4) is 0 Å². The third-order valence-electron chi connectivity index (χ3n) is 1.82. The molecule has 0 aromatic heterocycles. The molecule has 0 saturated carbocycles. The molecule has 6 heteroatoms. The zero-order chi connectivity index (χ0) is 13.3. The van der Waals surface area contributed by atoms with Crippen molar-refractivity contribution in [3.63, 3.8) is 0 Å². The van der Waals surface area contributed by atoms with Gasteiger partial charge in [-0.2, -0.15) is 0 Å². The van der Waals surface area contributed by atoms with Crippen molar-refractivity contribution < 1.29 is 9.72 Å². The van der Waals surface area contributed by atoms with Crippen LogP contribution in [-0.2, 0) is 4.79 Å². The van der Waals surface area contributed by atoms with Gasteiger partial charge in [-0.1, -0.05) is 42.3 Å². The second-order valence-electron chi connectivity index (χ2n) is 3.37. The molecule has 0 heterocycles. The number of benzene rings is 1. The Morgan fingerprint density at radius 3 is 2.12 bits per heavy atom. The number of aldehydes is 1. The molecule has 0 spiro atoms. The van der Waals surface area contributed by atoms with E-state index in [1.165, 1.54) is 0 Å². The predicted octanol–water partition coefficient (Wildman–Crippen LogP) is 3.48. The van der Waals surface area contributed by atoms with Crippen LogP contribution in [0.1, 0.15) is 13.3 Å². The molecular formula is C11H13Cl2NO3. The van der Waals surface area contributed by atoms with E-state index in [9.17, 15) is 14.9 Å². The smallest absolute Gasteiger partial charge is 0.204 e. The van der Waals surface area contributed by atoms with Crippen molar-refractivity contribution in [2.75, 3.05) is 6.54 Å². The van der Waals surface area contributed by atoms with E-state index in [0.29, 0.717) is 16.5 Å². The minimum Gasteiger partial charge on any atom is -0.303 e. The highest BCUT2D eigenvalue weighted by Gasteiger charge is 2.03. The van der Waals surface area contributed by atoms with Gasteiger partial charge >= 0.3 is 0 Å². The van der Waals surface area contributed by atoms with Gasteiger partial charge in [-0.25, -0.2) is 0 Å². The fourth-order valence-electron chi connectivity index (χ4n) is 0.816. The van der Waals surface area contributed by atoms with Crippen molar-refractivity contribution in [3.05, 3.63) is 44.4 Å². The zero-order valence-electron chi connectivity index (χ0n) is 9.31. The Bertz CT molecular complexity index is 350. The van der Waals surface area contributed by atoms with E-state index in [2.05, 4.69) is 0 Å². The van der Waals surface area contributed by atoms with Crippen LogP contribution in [0.15, 0.2) is 24.3 Å². The highest BCUT2D eigenvalue weighted by atomic mass is 35.5. The Morgan fingerprint density at radius 2 is 1.82 bits per heavy atom. The van der Waals surface area contributed by atoms with Crippen LogP contribution in [0, 0.1) is 16.0 Å². The van der Waals surface area contributed by atoms with Gasteiger partial charge in [0.2, 0.25) is 6.54 Å². The van der Waals surface area contributed by atoms with Crippen LogP contribution in [0.3, 0.4) is 0 Å². The third kappa shape index (κ3) is 8.65. The number of nitrogens with zero attached hydrogens (tertiary/aromatic N) is 1. The molecule has 0 fully saturated rings. The molecule has 0 aliphatic heterocycles. The fraction of sp³-hybridized carbons (Fsp3) is 0.364. The largest absolute Gasteiger partial charge is 0.303 e. The average Bonchev–Trinajstić information content (AvgIpc) is 2.30. The summed E-state index contributed by atoms with van der Waals surface area (Å²) in [7, 11) is 0. The summed E-state index contributed by atoms with van der Waals surface area (Å²) < 4.78 is 0. The number of carbonyl (C=O) groups is 1. The number of hydrogen-bond acceptors (Lipinski definition) is 3. The molecule has 0 aliphatic rings. The standard InChI is InChI=1S/C6H4Cl2.C5H9NO3/c7-5-3-1-2-4-6(5)8;1-5(4-7)2-3-6(8)9/h1-4H;4-5H,2-3H2,1H3/t;5-/m.0/s1. The first-order valence-electron chi connectivity index (χ1n) is 4.94. The lowest BCUT2D eigenvalue weighted by Gasteiger charge is -1.95. The van der Waals surface area contributed by atoms with Crippen LogP contribution in [0.2, 0.25) is 10.0 Å². The highest BCUT2D eigenvalue weighted by molar-refractivity contribution is 6.41. The van der Waals surface area contributed by atoms with Crippen molar-refractivity contribution in [2.24, 2.45) is 5.92 Å². The summed E-state index contributed by atoms with van der Waals surface area (Å²) in [6.45, 7) is 1.55. The van der Waals surface area contributed by atoms with E-state index in [-0.39, 0.29) is 12.5 Å². The minimum atomic E-state index is -0.417. The summed E-state index contributed by atoms with van der Waals surface area (Å²) in [6, 6.07) is 7.19. The molecule has 0 bridgehead atoms. The normalized spacial score (nSPS) is 11.0. The van der Waals surface area contributed by atoms with Crippen molar-refractivity contribution in [2.45, 2.75) is 13.3 Å². The fourth-order valence-corrected chi connectivity index (χ4v) is 1.09. The quantitative estimate of drug-likeness (QED) is 0.481. The van der Waals surface area contributed by atoms with Crippen LogP contribution in [-0.4, -0.2) is 17.8 Å². The van der Waals surface area contributed by atoms with Crippen LogP contribution in [0.5, 0.6) is 0 Å². The molecule has 0 saturated heterocycles. The molecule has 0 radical (unpaired) electrons. The van der Waals surface area contributed by atoms with Gasteiger partial charge in [-0.3, -0.25) is 10.1 Å². The Kier molecular flexibility index (Phi) is 8.36. The number of carbonyl (C=O) groups excluding carboxylic acids is 1. The Labute approximate surface area is 110 Å². The molecule has 0 unspecified atom stereocenters. The van der Waals surface area contributed by atoms with E-state index < -0.39 is 4.92 Å². The minimum absolute atomic E-state index is 0.111. The maximum Gasteiger partial charge on any atom is 0.204 e. The van der Waals surface area contributed by atoms with Gasteiger partial charge < -0.3 is 4.79 Å². The molecule has 4 nitrogen and oxygen atoms in total. The molecule has 1 atom stereocenters. The Hall–Kier alpha value is -1.13. The lowest BCUT2D eigenvalue weighted by Crippen LogP contribution is -2.06. The zero-order valence-corrected chi connectivity index (χ0v) is 10.8. The summed E-state index contributed by atoms with van der Waals surface area (Å²) >= 11 is 11.2. The van der Waals surface area contributed by atoms with E-state index in [0.717, 1.165) is 6.29 Å². The second kappa shape index (κ2) is 8.96. The lowest BCUT2D eigenvalue weighted by molar-refractivity contribution is -0.481. The lowest BCUT2D eigenvalue weighted by atomic mass is 10.1. The van der Waals surface area contributed by atoms with Crippen molar-refractivity contribution >= 4 is 29.5 Å². The molecule has 1 aromatic carbocycles. The summed E-state index contributed by atoms with van der Waals surface area (Å²) in [5, 5.41) is 10.9. The number of nitro groups is 1. The van der Waals surface area contributed by atoms with Crippen molar-refractivity contribution in [1.29, 1.82) is 0 Å². The van der Waals surface area contributed by atoms with Crippen LogP contribution >= 0.6 is 23.2 Å². The molecular weight excluding hydrogens is 265 g/mol. The third-order valence-corrected chi connectivity index (χ3v) is 2.58. The number of hydrogen-bond donors (Lipinski definition) is 0. The SMILES string of the molecule is C[C@H](C=O)CC[N+](=O)[O-].Clc1ccccc1Cl. The molecule has 0 aliphatic carbocycles. The van der Waals surface area contributed by atoms with Gasteiger partial charge in [0.25, 0.3) is 0 Å². The highest BCUT2D eigenvalue weighted by Crippen LogP contribution is 2.19. The Balaban J connectivity index is 0.000000302. The topological polar surface area (TPSA) is 60.2 Å². The molecule has 1 aromatic rings. The van der Waals surface area contributed by atoms with Crippen LogP contribution in [0.4, 0.5) is 0 Å². The van der Waals surface area contributed by atoms with E-state index in [1.54, 1.807) is 19.1 Å². The monoisotopic (exact) mass is 277 g/mol. The van der Waals surface area contributed by atoms with E-state index in [4.69, 9.17) is 23.2 Å². The second-order valence-corrected chi connectivity index (χ2v) is 4.19. The van der Waals surface area contributed by atoms with Gasteiger partial charge in [-0.05, 0) is 12.1 Å². The summed E-state index contributed by atoms with van der Waals surface area (Å²) in [5.74, 6) is -0.185. The number of rotatable bonds is 4. The van der Waals surface area contributed by atoms with Gasteiger partial charge in [0.1, 0.15) is 6.29 Å². The first kappa shape index (κ1) is 15.9. The molecule has 94 valence electrons. The summed E-state index contributed by atoms with van der Waals surface area (Å²) in [5.41, 5.74) is 0. The van der Waals surface area contributed by atoms with Gasteiger partial charge in [-0.15, -0.1) is 0 Å². The van der Waals surface area contributed by atoms with Crippen LogP contribution in [0.25, 0.3) is 0 Å². The van der Waals surface area contributed by atoms with Crippen molar-refractivity contribution in [1.82, 2.24) is 0 Å². The molecule has 17 heavy (non-hydrogen) atoms. The average molecular weight is 278 g/mol. The first-order chi connectivity index (χ1) is 7.97. The van der Waals surface area contributed by atoms with Gasteiger partial charge in [0.05, 0.1) is 10.0 Å². The summed E-state index contributed by atoms with van der Waals surface area (Å²) in [4.78, 5) is 19.2. The van der Waals surface area contributed by atoms with Crippen LogP contribution < -0.4 is 0 Å². The number of halogens is 2. The predicted molar refractivity (Wildman–Crippen MR) is 68.2 cm³/mol.